The number of anilines is 2. The molecule has 0 atom stereocenters. The summed E-state index contributed by atoms with van der Waals surface area (Å²) in [6, 6.07) is 10.9. The molecular weight excluding hydrogens is 432 g/mol. The van der Waals surface area contributed by atoms with Crippen molar-refractivity contribution in [1.82, 2.24) is 5.32 Å². The maximum atomic E-state index is 12.1. The predicted molar refractivity (Wildman–Crippen MR) is 128 cm³/mol. The van der Waals surface area contributed by atoms with Crippen LogP contribution in [0.4, 0.5) is 17.1 Å². The van der Waals surface area contributed by atoms with Gasteiger partial charge in [0.1, 0.15) is 5.75 Å². The molecule has 0 bridgehead atoms. The number of thiocarbonyl (C=S) groups is 1. The Bertz CT molecular complexity index is 1040. The number of methoxy groups -OCH3 is 1. The summed E-state index contributed by atoms with van der Waals surface area (Å²) in [6.07, 6.45) is 4.83. The first-order chi connectivity index (χ1) is 15.3. The summed E-state index contributed by atoms with van der Waals surface area (Å²) in [5.74, 6) is -0.149. The fourth-order valence-corrected chi connectivity index (χ4v) is 2.87. The van der Waals surface area contributed by atoms with Crippen molar-refractivity contribution < 1.29 is 19.2 Å². The first kappa shape index (κ1) is 24.5. The van der Waals surface area contributed by atoms with Gasteiger partial charge in [-0.25, -0.2) is 0 Å². The third kappa shape index (κ3) is 7.80. The molecule has 0 aliphatic rings. The molecule has 168 valence electrons. The summed E-state index contributed by atoms with van der Waals surface area (Å²) < 4.78 is 5.32. The van der Waals surface area contributed by atoms with E-state index in [0.717, 1.165) is 12.8 Å². The summed E-state index contributed by atoms with van der Waals surface area (Å²) >= 11 is 5.15. The molecule has 32 heavy (non-hydrogen) atoms. The second-order valence-corrected chi connectivity index (χ2v) is 7.10. The smallest absolute Gasteiger partial charge is 0.270 e. The van der Waals surface area contributed by atoms with Crippen molar-refractivity contribution in [2.24, 2.45) is 0 Å². The summed E-state index contributed by atoms with van der Waals surface area (Å²) in [5.41, 5.74) is 1.54. The van der Waals surface area contributed by atoms with Crippen LogP contribution in [0.5, 0.6) is 5.75 Å². The maximum absolute atomic E-state index is 12.1. The predicted octanol–water partition coefficient (Wildman–Crippen LogP) is 4.26. The molecule has 3 N–H and O–H groups in total. The number of unbranched alkanes of at least 4 members (excludes halogenated alkanes) is 1. The van der Waals surface area contributed by atoms with Gasteiger partial charge in [-0.1, -0.05) is 25.5 Å². The Morgan fingerprint density at radius 1 is 1.19 bits per heavy atom. The van der Waals surface area contributed by atoms with E-state index in [4.69, 9.17) is 17.0 Å². The van der Waals surface area contributed by atoms with Crippen molar-refractivity contribution in [3.8, 4) is 5.75 Å². The summed E-state index contributed by atoms with van der Waals surface area (Å²) in [6.45, 7) is 2.01. The van der Waals surface area contributed by atoms with Crippen LogP contribution in [0.3, 0.4) is 0 Å². The number of nitrogens with zero attached hydrogens (tertiary/aromatic N) is 1. The molecule has 0 heterocycles. The van der Waals surface area contributed by atoms with Crippen molar-refractivity contribution >= 4 is 52.3 Å². The lowest BCUT2D eigenvalue weighted by Crippen LogP contribution is -2.32. The molecular formula is C22H24N4O5S. The number of nitro benzene ring substituents is 1. The molecule has 2 amide bonds. The van der Waals surface area contributed by atoms with Crippen molar-refractivity contribution in [3.63, 3.8) is 0 Å². The van der Waals surface area contributed by atoms with E-state index < -0.39 is 10.8 Å². The summed E-state index contributed by atoms with van der Waals surface area (Å²) in [5, 5.41) is 19.0. The van der Waals surface area contributed by atoms with Crippen LogP contribution < -0.4 is 20.7 Å². The zero-order chi connectivity index (χ0) is 23.5. The maximum Gasteiger partial charge on any atom is 0.270 e. The average molecular weight is 457 g/mol. The van der Waals surface area contributed by atoms with E-state index in [-0.39, 0.29) is 16.7 Å². The molecule has 0 saturated carbocycles. The van der Waals surface area contributed by atoms with Crippen molar-refractivity contribution in [3.05, 3.63) is 64.2 Å². The summed E-state index contributed by atoms with van der Waals surface area (Å²) in [7, 11) is 1.49. The molecule has 2 aromatic rings. The lowest BCUT2D eigenvalue weighted by molar-refractivity contribution is -0.384. The number of amides is 2. The number of carbonyl (C=O) groups is 2. The number of nitro groups is 1. The molecule has 0 fully saturated rings. The van der Waals surface area contributed by atoms with Crippen molar-refractivity contribution in [1.29, 1.82) is 0 Å². The van der Waals surface area contributed by atoms with Gasteiger partial charge in [-0.15, -0.1) is 0 Å². The van der Waals surface area contributed by atoms with E-state index in [0.29, 0.717) is 29.1 Å². The Balaban J connectivity index is 1.95. The molecule has 0 radical (unpaired) electrons. The Hall–Kier alpha value is -3.79. The lowest BCUT2D eigenvalue weighted by atomic mass is 10.2. The van der Waals surface area contributed by atoms with Gasteiger partial charge in [0, 0.05) is 36.4 Å². The van der Waals surface area contributed by atoms with Crippen LogP contribution in [-0.2, 0) is 9.59 Å². The first-order valence-electron chi connectivity index (χ1n) is 9.84. The number of rotatable bonds is 9. The molecule has 0 spiro atoms. The Kier molecular flexibility index (Phi) is 9.30. The highest BCUT2D eigenvalue weighted by Gasteiger charge is 2.10. The highest BCUT2D eigenvalue weighted by molar-refractivity contribution is 7.80. The Morgan fingerprint density at radius 3 is 2.66 bits per heavy atom. The third-order valence-corrected chi connectivity index (χ3v) is 4.44. The van der Waals surface area contributed by atoms with Gasteiger partial charge in [0.05, 0.1) is 17.7 Å². The standard InChI is InChI=1S/C22H24N4O5S/c1-3-4-8-20(27)24-18-11-10-16(14-19(18)31-2)23-22(32)25-21(28)12-9-15-6-5-7-17(13-15)26(29)30/h5-7,9-14H,3-4,8H2,1-2H3,(H,24,27)(H2,23,25,28,32). The number of benzene rings is 2. The Morgan fingerprint density at radius 2 is 1.97 bits per heavy atom. The minimum atomic E-state index is -0.507. The van der Waals surface area contributed by atoms with Crippen LogP contribution in [0.1, 0.15) is 31.7 Å². The zero-order valence-electron chi connectivity index (χ0n) is 17.7. The van der Waals surface area contributed by atoms with Gasteiger partial charge in [-0.3, -0.25) is 25.0 Å². The van der Waals surface area contributed by atoms with Crippen LogP contribution in [0, 0.1) is 10.1 Å². The number of carbonyl (C=O) groups excluding carboxylic acids is 2. The van der Waals surface area contributed by atoms with Gasteiger partial charge in [0.25, 0.3) is 5.69 Å². The highest BCUT2D eigenvalue weighted by atomic mass is 32.1. The first-order valence-corrected chi connectivity index (χ1v) is 10.3. The van der Waals surface area contributed by atoms with Gasteiger partial charge in [0.15, 0.2) is 5.11 Å². The van der Waals surface area contributed by atoms with E-state index in [2.05, 4.69) is 16.0 Å². The van der Waals surface area contributed by atoms with Gasteiger partial charge in [0.2, 0.25) is 11.8 Å². The van der Waals surface area contributed by atoms with Gasteiger partial charge < -0.3 is 15.4 Å². The molecule has 0 aromatic heterocycles. The van der Waals surface area contributed by atoms with Crippen molar-refractivity contribution in [2.45, 2.75) is 26.2 Å². The lowest BCUT2D eigenvalue weighted by Gasteiger charge is -2.13. The fraction of sp³-hybridized carbons (Fsp3) is 0.227. The second kappa shape index (κ2) is 12.2. The largest absolute Gasteiger partial charge is 0.494 e. The normalized spacial score (nSPS) is 10.4. The van der Waals surface area contributed by atoms with Crippen LogP contribution in [0.15, 0.2) is 48.5 Å². The quantitative estimate of drug-likeness (QED) is 0.223. The van der Waals surface area contributed by atoms with E-state index >= 15 is 0 Å². The van der Waals surface area contributed by atoms with E-state index in [1.54, 1.807) is 24.3 Å². The minimum Gasteiger partial charge on any atom is -0.494 e. The Labute approximate surface area is 191 Å². The number of hydrogen-bond acceptors (Lipinski definition) is 6. The number of non-ortho nitro benzene ring substituents is 1. The van der Waals surface area contributed by atoms with Crippen LogP contribution in [-0.4, -0.2) is 29.0 Å². The number of hydrogen-bond donors (Lipinski definition) is 3. The van der Waals surface area contributed by atoms with Gasteiger partial charge >= 0.3 is 0 Å². The van der Waals surface area contributed by atoms with E-state index in [9.17, 15) is 19.7 Å². The fourth-order valence-electron chi connectivity index (χ4n) is 2.65. The third-order valence-electron chi connectivity index (χ3n) is 4.24. The molecule has 2 rings (SSSR count). The SMILES string of the molecule is CCCCC(=O)Nc1ccc(NC(=S)NC(=O)C=Cc2cccc([N+](=O)[O-])c2)cc1OC. The van der Waals surface area contributed by atoms with Gasteiger partial charge in [-0.05, 0) is 42.4 Å². The summed E-state index contributed by atoms with van der Waals surface area (Å²) in [4.78, 5) is 34.3. The van der Waals surface area contributed by atoms with Crippen LogP contribution in [0.25, 0.3) is 6.08 Å². The monoisotopic (exact) mass is 456 g/mol. The van der Waals surface area contributed by atoms with Crippen molar-refractivity contribution in [2.75, 3.05) is 17.7 Å². The minimum absolute atomic E-state index is 0.0560. The molecule has 0 aliphatic carbocycles. The highest BCUT2D eigenvalue weighted by Crippen LogP contribution is 2.28. The van der Waals surface area contributed by atoms with Gasteiger partial charge in [-0.2, -0.15) is 0 Å². The van der Waals surface area contributed by atoms with E-state index in [1.807, 2.05) is 6.92 Å². The average Bonchev–Trinajstić information content (AvgIpc) is 2.77. The number of ether oxygens (including phenoxy) is 1. The van der Waals surface area contributed by atoms with Crippen LogP contribution in [0.2, 0.25) is 0 Å². The molecule has 2 aromatic carbocycles. The van der Waals surface area contributed by atoms with E-state index in [1.165, 1.54) is 37.5 Å². The van der Waals surface area contributed by atoms with Crippen LogP contribution >= 0.6 is 12.2 Å². The molecule has 9 nitrogen and oxygen atoms in total. The molecule has 0 unspecified atom stereocenters. The molecule has 0 aliphatic heterocycles. The second-order valence-electron chi connectivity index (χ2n) is 6.70. The zero-order valence-corrected chi connectivity index (χ0v) is 18.5. The topological polar surface area (TPSA) is 123 Å². The molecule has 0 saturated heterocycles. The molecule has 10 heteroatoms. The number of nitrogens with one attached hydrogen (secondary N) is 3.